The molecule has 1 amide bonds. The van der Waals surface area contributed by atoms with Gasteiger partial charge in [0.05, 0.1) is 22.3 Å². The maximum Gasteiger partial charge on any atom is 0.265 e. The normalized spacial score (nSPS) is 11.4. The molecule has 0 saturated heterocycles. The van der Waals surface area contributed by atoms with Gasteiger partial charge in [-0.2, -0.15) is 5.26 Å². The number of hydrogen-bond acceptors (Lipinski definition) is 3. The van der Waals surface area contributed by atoms with Crippen LogP contribution in [0.1, 0.15) is 12.5 Å². The number of anilines is 1. The molecule has 1 atom stereocenters. The van der Waals surface area contributed by atoms with Crippen LogP contribution in [0.2, 0.25) is 5.02 Å². The Bertz CT molecular complexity index is 743. The van der Waals surface area contributed by atoms with Gasteiger partial charge in [-0.25, -0.2) is 4.39 Å². The Kier molecular flexibility index (Phi) is 4.97. The first-order valence-corrected chi connectivity index (χ1v) is 6.80. The highest BCUT2D eigenvalue weighted by Crippen LogP contribution is 2.26. The Morgan fingerprint density at radius 3 is 2.73 bits per heavy atom. The number of ether oxygens (including phenoxy) is 1. The Morgan fingerprint density at radius 1 is 1.36 bits per heavy atom. The van der Waals surface area contributed by atoms with Crippen molar-refractivity contribution in [3.05, 3.63) is 58.9 Å². The van der Waals surface area contributed by atoms with Gasteiger partial charge in [0.15, 0.2) is 6.10 Å². The second kappa shape index (κ2) is 6.92. The van der Waals surface area contributed by atoms with Gasteiger partial charge < -0.3 is 10.1 Å². The summed E-state index contributed by atoms with van der Waals surface area (Å²) >= 11 is 5.97. The highest BCUT2D eigenvalue weighted by atomic mass is 35.5. The fourth-order valence-electron chi connectivity index (χ4n) is 1.71. The van der Waals surface area contributed by atoms with Gasteiger partial charge in [-0.3, -0.25) is 4.79 Å². The van der Waals surface area contributed by atoms with Crippen LogP contribution in [0.5, 0.6) is 5.75 Å². The molecule has 2 aromatic carbocycles. The van der Waals surface area contributed by atoms with Gasteiger partial charge in [0.25, 0.3) is 5.91 Å². The monoisotopic (exact) mass is 318 g/mol. The Balaban J connectivity index is 2.06. The van der Waals surface area contributed by atoms with Crippen LogP contribution in [0.25, 0.3) is 0 Å². The van der Waals surface area contributed by atoms with Crippen LogP contribution in [-0.4, -0.2) is 12.0 Å². The summed E-state index contributed by atoms with van der Waals surface area (Å²) in [6.07, 6.45) is -0.884. The SMILES string of the molecule is C[C@@H](Oc1ccc(C#N)cc1Cl)C(=O)Nc1ccccc1F. The lowest BCUT2D eigenvalue weighted by atomic mass is 10.2. The van der Waals surface area contributed by atoms with Crippen LogP contribution in [0.4, 0.5) is 10.1 Å². The smallest absolute Gasteiger partial charge is 0.265 e. The lowest BCUT2D eigenvalue weighted by Crippen LogP contribution is -2.30. The molecule has 0 aromatic heterocycles. The molecule has 0 bridgehead atoms. The summed E-state index contributed by atoms with van der Waals surface area (Å²) in [4.78, 5) is 12.0. The summed E-state index contributed by atoms with van der Waals surface area (Å²) < 4.78 is 18.9. The summed E-state index contributed by atoms with van der Waals surface area (Å²) in [5.41, 5.74) is 0.467. The number of carbonyl (C=O) groups excluding carboxylic acids is 1. The molecule has 2 aromatic rings. The second-order valence-electron chi connectivity index (χ2n) is 4.49. The van der Waals surface area contributed by atoms with E-state index in [9.17, 15) is 9.18 Å². The van der Waals surface area contributed by atoms with Crippen molar-refractivity contribution in [3.8, 4) is 11.8 Å². The Hall–Kier alpha value is -2.58. The molecule has 0 spiro atoms. The van der Waals surface area contributed by atoms with Crippen LogP contribution in [-0.2, 0) is 4.79 Å². The number of nitriles is 1. The molecule has 22 heavy (non-hydrogen) atoms. The molecule has 6 heteroatoms. The van der Waals surface area contributed by atoms with Crippen molar-refractivity contribution in [2.75, 3.05) is 5.32 Å². The first kappa shape index (κ1) is 15.8. The molecule has 4 nitrogen and oxygen atoms in total. The van der Waals surface area contributed by atoms with E-state index in [4.69, 9.17) is 21.6 Å². The van der Waals surface area contributed by atoms with E-state index in [1.54, 1.807) is 6.07 Å². The largest absolute Gasteiger partial charge is 0.479 e. The Morgan fingerprint density at radius 2 is 2.09 bits per heavy atom. The lowest BCUT2D eigenvalue weighted by Gasteiger charge is -2.16. The van der Waals surface area contributed by atoms with Crippen molar-refractivity contribution in [1.82, 2.24) is 0 Å². The third-order valence-electron chi connectivity index (χ3n) is 2.87. The van der Waals surface area contributed by atoms with Gasteiger partial charge in [0.1, 0.15) is 11.6 Å². The van der Waals surface area contributed by atoms with Crippen LogP contribution in [0, 0.1) is 17.1 Å². The summed E-state index contributed by atoms with van der Waals surface area (Å²) in [5.74, 6) is -0.762. The number of nitrogens with zero attached hydrogens (tertiary/aromatic N) is 1. The minimum absolute atomic E-state index is 0.0777. The maximum atomic E-state index is 13.5. The van der Waals surface area contributed by atoms with E-state index in [2.05, 4.69) is 5.32 Å². The highest BCUT2D eigenvalue weighted by Gasteiger charge is 2.17. The third-order valence-corrected chi connectivity index (χ3v) is 3.16. The first-order chi connectivity index (χ1) is 10.5. The van der Waals surface area contributed by atoms with E-state index in [1.807, 2.05) is 6.07 Å². The number of para-hydroxylation sites is 1. The lowest BCUT2D eigenvalue weighted by molar-refractivity contribution is -0.122. The first-order valence-electron chi connectivity index (χ1n) is 6.43. The predicted octanol–water partition coefficient (Wildman–Crippen LogP) is 3.76. The fourth-order valence-corrected chi connectivity index (χ4v) is 1.93. The van der Waals surface area contributed by atoms with Gasteiger partial charge in [-0.1, -0.05) is 23.7 Å². The summed E-state index contributed by atoms with van der Waals surface area (Å²) in [6, 6.07) is 12.3. The number of benzene rings is 2. The third kappa shape index (κ3) is 3.74. The van der Waals surface area contributed by atoms with E-state index in [-0.39, 0.29) is 16.5 Å². The minimum Gasteiger partial charge on any atom is -0.479 e. The molecule has 0 fully saturated rings. The number of carbonyl (C=O) groups is 1. The van der Waals surface area contributed by atoms with Gasteiger partial charge >= 0.3 is 0 Å². The highest BCUT2D eigenvalue weighted by molar-refractivity contribution is 6.32. The van der Waals surface area contributed by atoms with Gasteiger partial charge in [0, 0.05) is 0 Å². The van der Waals surface area contributed by atoms with Crippen LogP contribution in [0.15, 0.2) is 42.5 Å². The molecule has 0 aliphatic rings. The summed E-state index contributed by atoms with van der Waals surface area (Å²) in [6.45, 7) is 1.52. The minimum atomic E-state index is -0.884. The summed E-state index contributed by atoms with van der Waals surface area (Å²) in [5, 5.41) is 11.4. The van der Waals surface area contributed by atoms with Gasteiger partial charge in [0.2, 0.25) is 0 Å². The fraction of sp³-hybridized carbons (Fsp3) is 0.125. The van der Waals surface area contributed by atoms with E-state index >= 15 is 0 Å². The molecule has 0 radical (unpaired) electrons. The van der Waals surface area contributed by atoms with Gasteiger partial charge in [-0.05, 0) is 37.3 Å². The average molecular weight is 319 g/mol. The molecule has 0 heterocycles. The van der Waals surface area contributed by atoms with Gasteiger partial charge in [-0.15, -0.1) is 0 Å². The molecule has 0 unspecified atom stereocenters. The molecule has 1 N–H and O–H groups in total. The molecule has 0 aliphatic carbocycles. The molecule has 0 aliphatic heterocycles. The van der Waals surface area contributed by atoms with Crippen molar-refractivity contribution in [2.24, 2.45) is 0 Å². The van der Waals surface area contributed by atoms with Crippen molar-refractivity contribution in [3.63, 3.8) is 0 Å². The van der Waals surface area contributed by atoms with Crippen molar-refractivity contribution in [2.45, 2.75) is 13.0 Å². The zero-order chi connectivity index (χ0) is 16.1. The van der Waals surface area contributed by atoms with Crippen LogP contribution >= 0.6 is 11.6 Å². The van der Waals surface area contributed by atoms with Crippen LogP contribution < -0.4 is 10.1 Å². The zero-order valence-electron chi connectivity index (χ0n) is 11.6. The molecule has 0 saturated carbocycles. The predicted molar refractivity (Wildman–Crippen MR) is 81.3 cm³/mol. The topological polar surface area (TPSA) is 62.1 Å². The number of amides is 1. The zero-order valence-corrected chi connectivity index (χ0v) is 12.4. The maximum absolute atomic E-state index is 13.5. The van der Waals surface area contributed by atoms with Crippen molar-refractivity contribution in [1.29, 1.82) is 5.26 Å². The number of nitrogens with one attached hydrogen (secondary N) is 1. The number of hydrogen-bond donors (Lipinski definition) is 1. The molecule has 112 valence electrons. The number of rotatable bonds is 4. The molecular formula is C16H12ClFN2O2. The number of halogens is 2. The molecular weight excluding hydrogens is 307 g/mol. The standard InChI is InChI=1S/C16H12ClFN2O2/c1-10(16(21)20-14-5-3-2-4-13(14)18)22-15-7-6-11(9-19)8-12(15)17/h2-8,10H,1H3,(H,20,21)/t10-/m1/s1. The second-order valence-corrected chi connectivity index (χ2v) is 4.89. The van der Waals surface area contributed by atoms with E-state index in [0.29, 0.717) is 5.56 Å². The van der Waals surface area contributed by atoms with E-state index in [0.717, 1.165) is 0 Å². The van der Waals surface area contributed by atoms with Crippen molar-refractivity contribution < 1.29 is 13.9 Å². The average Bonchev–Trinajstić information content (AvgIpc) is 2.51. The quantitative estimate of drug-likeness (QED) is 0.933. The van der Waals surface area contributed by atoms with E-state index < -0.39 is 17.8 Å². The van der Waals surface area contributed by atoms with E-state index in [1.165, 1.54) is 43.3 Å². The molecule has 2 rings (SSSR count). The van der Waals surface area contributed by atoms with Crippen LogP contribution in [0.3, 0.4) is 0 Å². The van der Waals surface area contributed by atoms with Crippen molar-refractivity contribution >= 4 is 23.2 Å². The Labute approximate surface area is 132 Å². The summed E-state index contributed by atoms with van der Waals surface area (Å²) in [7, 11) is 0.